The van der Waals surface area contributed by atoms with Gasteiger partial charge in [0.15, 0.2) is 0 Å². The fraction of sp³-hybridized carbons (Fsp3) is 0.211. The Kier molecular flexibility index (Phi) is 3.84. The largest absolute Gasteiger partial charge is 0.495 e. The molecule has 0 aliphatic carbocycles. The number of hydrogen-bond acceptors (Lipinski definition) is 4. The standard InChI is InChI=1S/C19H18N4O3/c1-11-7-8-16(26-2)13(9-11)20-17(24)10-15-18(25)22-19-21-12-5-3-4-6-14(12)23(15)19/h3-9,15H,10H2,1-2H3,(H,20,24)(H,21,22,25)/t15-/m1/s1. The van der Waals surface area contributed by atoms with Gasteiger partial charge in [-0.1, -0.05) is 18.2 Å². The average molecular weight is 350 g/mol. The van der Waals surface area contributed by atoms with Gasteiger partial charge in [0.25, 0.3) is 0 Å². The third kappa shape index (κ3) is 2.67. The van der Waals surface area contributed by atoms with E-state index in [0.717, 1.165) is 16.6 Å². The summed E-state index contributed by atoms with van der Waals surface area (Å²) in [6, 6.07) is 12.4. The first-order valence-corrected chi connectivity index (χ1v) is 8.29. The second kappa shape index (κ2) is 6.18. The van der Waals surface area contributed by atoms with Crippen LogP contribution < -0.4 is 15.4 Å². The van der Waals surface area contributed by atoms with E-state index in [1.165, 1.54) is 0 Å². The van der Waals surface area contributed by atoms with Crippen LogP contribution in [0.15, 0.2) is 42.5 Å². The van der Waals surface area contributed by atoms with Gasteiger partial charge in [0.05, 0.1) is 30.3 Å². The molecule has 0 saturated heterocycles. The monoisotopic (exact) mass is 350 g/mol. The third-order valence-corrected chi connectivity index (χ3v) is 4.45. The van der Waals surface area contributed by atoms with E-state index in [4.69, 9.17) is 4.74 Å². The number of anilines is 2. The van der Waals surface area contributed by atoms with Crippen LogP contribution in [-0.2, 0) is 9.59 Å². The Morgan fingerprint density at radius 2 is 2.12 bits per heavy atom. The molecular formula is C19H18N4O3. The average Bonchev–Trinajstić information content (AvgIpc) is 3.11. The highest BCUT2D eigenvalue weighted by Crippen LogP contribution is 2.33. The molecule has 7 heteroatoms. The number of aryl methyl sites for hydroxylation is 1. The van der Waals surface area contributed by atoms with Crippen LogP contribution in [0, 0.1) is 6.92 Å². The number of carbonyl (C=O) groups is 2. The minimum absolute atomic E-state index is 0.0102. The molecule has 1 atom stereocenters. The number of para-hydroxylation sites is 2. The molecule has 1 aromatic heterocycles. The van der Waals surface area contributed by atoms with Crippen LogP contribution in [-0.4, -0.2) is 28.5 Å². The first-order valence-electron chi connectivity index (χ1n) is 8.29. The van der Waals surface area contributed by atoms with Gasteiger partial charge >= 0.3 is 0 Å². The van der Waals surface area contributed by atoms with E-state index in [1.54, 1.807) is 17.7 Å². The molecule has 0 bridgehead atoms. The Hall–Kier alpha value is -3.35. The molecule has 1 aliphatic heterocycles. The second-order valence-corrected chi connectivity index (χ2v) is 6.26. The Morgan fingerprint density at radius 3 is 2.92 bits per heavy atom. The number of nitrogens with one attached hydrogen (secondary N) is 2. The predicted octanol–water partition coefficient (Wildman–Crippen LogP) is 2.88. The van der Waals surface area contributed by atoms with Gasteiger partial charge in [0.2, 0.25) is 17.8 Å². The molecule has 1 aliphatic rings. The summed E-state index contributed by atoms with van der Waals surface area (Å²) in [5.41, 5.74) is 3.20. The number of amides is 2. The van der Waals surface area contributed by atoms with Crippen molar-refractivity contribution in [2.24, 2.45) is 0 Å². The van der Waals surface area contributed by atoms with E-state index in [1.807, 2.05) is 43.3 Å². The summed E-state index contributed by atoms with van der Waals surface area (Å²) in [5.74, 6) is 0.556. The molecule has 2 N–H and O–H groups in total. The lowest BCUT2D eigenvalue weighted by molar-refractivity contribution is -0.123. The molecule has 7 nitrogen and oxygen atoms in total. The summed E-state index contributed by atoms with van der Waals surface area (Å²) >= 11 is 0. The van der Waals surface area contributed by atoms with Crippen LogP contribution in [0.5, 0.6) is 5.75 Å². The first kappa shape index (κ1) is 16.1. The highest BCUT2D eigenvalue weighted by atomic mass is 16.5. The van der Waals surface area contributed by atoms with Gasteiger partial charge in [0.1, 0.15) is 11.8 Å². The van der Waals surface area contributed by atoms with Crippen molar-refractivity contribution in [2.45, 2.75) is 19.4 Å². The van der Waals surface area contributed by atoms with Crippen LogP contribution in [0.4, 0.5) is 11.6 Å². The maximum Gasteiger partial charge on any atom is 0.250 e. The Bertz CT molecular complexity index is 1020. The van der Waals surface area contributed by atoms with Crippen molar-refractivity contribution in [3.8, 4) is 5.75 Å². The number of methoxy groups -OCH3 is 1. The fourth-order valence-electron chi connectivity index (χ4n) is 3.24. The molecule has 26 heavy (non-hydrogen) atoms. The number of benzene rings is 2. The number of rotatable bonds is 4. The van der Waals surface area contributed by atoms with Crippen molar-refractivity contribution in [3.05, 3.63) is 48.0 Å². The number of aromatic nitrogens is 2. The highest BCUT2D eigenvalue weighted by molar-refractivity contribution is 6.03. The summed E-state index contributed by atoms with van der Waals surface area (Å²) in [5, 5.41) is 5.59. The summed E-state index contributed by atoms with van der Waals surface area (Å²) < 4.78 is 7.07. The molecule has 2 aromatic carbocycles. The van der Waals surface area contributed by atoms with Gasteiger partial charge < -0.3 is 10.1 Å². The van der Waals surface area contributed by atoms with Gasteiger partial charge in [-0.05, 0) is 36.8 Å². The maximum atomic E-state index is 12.6. The molecule has 0 unspecified atom stereocenters. The number of imidazole rings is 1. The van der Waals surface area contributed by atoms with Gasteiger partial charge in [-0.15, -0.1) is 0 Å². The molecule has 2 heterocycles. The lowest BCUT2D eigenvalue weighted by atomic mass is 10.1. The molecule has 4 rings (SSSR count). The molecule has 132 valence electrons. The molecular weight excluding hydrogens is 332 g/mol. The molecule has 0 radical (unpaired) electrons. The molecule has 0 spiro atoms. The Labute approximate surface area is 150 Å². The van der Waals surface area contributed by atoms with E-state index in [9.17, 15) is 9.59 Å². The van der Waals surface area contributed by atoms with Crippen LogP contribution in [0.25, 0.3) is 11.0 Å². The Balaban J connectivity index is 1.59. The number of nitrogens with zero attached hydrogens (tertiary/aromatic N) is 2. The van der Waals surface area contributed by atoms with Crippen molar-refractivity contribution in [3.63, 3.8) is 0 Å². The van der Waals surface area contributed by atoms with Crippen molar-refractivity contribution < 1.29 is 14.3 Å². The fourth-order valence-corrected chi connectivity index (χ4v) is 3.24. The van der Waals surface area contributed by atoms with Gasteiger partial charge in [-0.25, -0.2) is 4.98 Å². The van der Waals surface area contributed by atoms with Crippen LogP contribution in [0.3, 0.4) is 0 Å². The van der Waals surface area contributed by atoms with Crippen molar-refractivity contribution in [1.82, 2.24) is 9.55 Å². The SMILES string of the molecule is COc1ccc(C)cc1NC(=O)C[C@@H]1C(=O)Nc2nc3ccccc3n21. The third-order valence-electron chi connectivity index (χ3n) is 4.45. The lowest BCUT2D eigenvalue weighted by Crippen LogP contribution is -2.23. The van der Waals surface area contributed by atoms with Crippen LogP contribution in [0.1, 0.15) is 18.0 Å². The van der Waals surface area contributed by atoms with Gasteiger partial charge in [0, 0.05) is 0 Å². The summed E-state index contributed by atoms with van der Waals surface area (Å²) in [6.45, 7) is 1.93. The smallest absolute Gasteiger partial charge is 0.250 e. The second-order valence-electron chi connectivity index (χ2n) is 6.26. The van der Waals surface area contributed by atoms with Gasteiger partial charge in [-0.2, -0.15) is 0 Å². The molecule has 3 aromatic rings. The van der Waals surface area contributed by atoms with Crippen LogP contribution in [0.2, 0.25) is 0 Å². The quantitative estimate of drug-likeness (QED) is 0.758. The summed E-state index contributed by atoms with van der Waals surface area (Å²) in [7, 11) is 1.55. The van der Waals surface area contributed by atoms with Crippen molar-refractivity contribution in [1.29, 1.82) is 0 Å². The molecule has 2 amide bonds. The highest BCUT2D eigenvalue weighted by Gasteiger charge is 2.34. The summed E-state index contributed by atoms with van der Waals surface area (Å²) in [4.78, 5) is 29.3. The van der Waals surface area contributed by atoms with Crippen molar-refractivity contribution >= 4 is 34.5 Å². The normalized spacial score (nSPS) is 15.6. The van der Waals surface area contributed by atoms with E-state index in [0.29, 0.717) is 17.4 Å². The number of hydrogen-bond donors (Lipinski definition) is 2. The minimum atomic E-state index is -0.631. The maximum absolute atomic E-state index is 12.6. The predicted molar refractivity (Wildman–Crippen MR) is 98.4 cm³/mol. The van der Waals surface area contributed by atoms with Crippen LogP contribution >= 0.6 is 0 Å². The van der Waals surface area contributed by atoms with Crippen molar-refractivity contribution in [2.75, 3.05) is 17.7 Å². The first-order chi connectivity index (χ1) is 12.6. The topological polar surface area (TPSA) is 85.2 Å². The Morgan fingerprint density at radius 1 is 1.31 bits per heavy atom. The zero-order valence-electron chi connectivity index (χ0n) is 14.4. The van der Waals surface area contributed by atoms with E-state index < -0.39 is 6.04 Å². The molecule has 0 fully saturated rings. The van der Waals surface area contributed by atoms with Gasteiger partial charge in [-0.3, -0.25) is 19.5 Å². The van der Waals surface area contributed by atoms with E-state index >= 15 is 0 Å². The van der Waals surface area contributed by atoms with E-state index in [-0.39, 0.29) is 18.2 Å². The van der Waals surface area contributed by atoms with E-state index in [2.05, 4.69) is 15.6 Å². The minimum Gasteiger partial charge on any atom is -0.495 e. The molecule has 0 saturated carbocycles. The zero-order chi connectivity index (χ0) is 18.3. The number of ether oxygens (including phenoxy) is 1. The number of carbonyl (C=O) groups excluding carboxylic acids is 2. The lowest BCUT2D eigenvalue weighted by Gasteiger charge is -2.14. The number of fused-ring (bicyclic) bond motifs is 3. The zero-order valence-corrected chi connectivity index (χ0v) is 14.4. The summed E-state index contributed by atoms with van der Waals surface area (Å²) in [6.07, 6.45) is 0.0102.